The van der Waals surface area contributed by atoms with Gasteiger partial charge in [-0.3, -0.25) is 19.0 Å². The Balaban J connectivity index is 1.92. The number of benzene rings is 1. The lowest BCUT2D eigenvalue weighted by Crippen LogP contribution is -2.36. The van der Waals surface area contributed by atoms with Gasteiger partial charge in [0.15, 0.2) is 5.69 Å². The van der Waals surface area contributed by atoms with Crippen molar-refractivity contribution >= 4 is 17.7 Å². The van der Waals surface area contributed by atoms with Crippen molar-refractivity contribution in [2.75, 3.05) is 5.32 Å². The molecule has 1 atom stereocenters. The highest BCUT2D eigenvalue weighted by Crippen LogP contribution is 2.23. The fraction of sp³-hybridized carbons (Fsp3) is 0.182. The Morgan fingerprint density at radius 3 is 2.41 bits per heavy atom. The van der Waals surface area contributed by atoms with E-state index in [1.54, 1.807) is 37.3 Å². The lowest BCUT2D eigenvalue weighted by atomic mass is 10.1. The predicted molar refractivity (Wildman–Crippen MR) is 117 cm³/mol. The fourth-order valence-corrected chi connectivity index (χ4v) is 3.23. The number of para-hydroxylation sites is 1. The van der Waals surface area contributed by atoms with Crippen molar-refractivity contribution in [3.8, 4) is 11.4 Å². The number of pyridine rings is 2. The molecule has 0 aliphatic carbocycles. The fourth-order valence-electron chi connectivity index (χ4n) is 3.23. The van der Waals surface area contributed by atoms with Gasteiger partial charge in [0, 0.05) is 36.8 Å². The third-order valence-electron chi connectivity index (χ3n) is 4.83. The number of nitrogens with one attached hydrogen (secondary N) is 2. The van der Waals surface area contributed by atoms with Crippen molar-refractivity contribution in [1.82, 2.24) is 14.5 Å². The van der Waals surface area contributed by atoms with Crippen LogP contribution in [0, 0.1) is 6.92 Å². The van der Waals surface area contributed by atoms with E-state index in [-0.39, 0.29) is 17.0 Å². The highest BCUT2D eigenvalue weighted by Gasteiger charge is 2.21. The van der Waals surface area contributed by atoms with Crippen LogP contribution in [0.5, 0.6) is 5.75 Å². The van der Waals surface area contributed by atoms with Crippen LogP contribution in [-0.2, 0) is 11.8 Å². The average molecular weight is 438 g/mol. The summed E-state index contributed by atoms with van der Waals surface area (Å²) in [4.78, 5) is 48.6. The third-order valence-corrected chi connectivity index (χ3v) is 4.83. The van der Waals surface area contributed by atoms with Crippen LogP contribution in [0.1, 0.15) is 23.6 Å². The highest BCUT2D eigenvalue weighted by molar-refractivity contribution is 5.91. The van der Waals surface area contributed by atoms with Gasteiger partial charge in [0.05, 0.1) is 12.5 Å². The monoisotopic (exact) mass is 438 g/mol. The van der Waals surface area contributed by atoms with E-state index in [4.69, 9.17) is 0 Å². The maximum absolute atomic E-state index is 12.6. The van der Waals surface area contributed by atoms with E-state index in [2.05, 4.69) is 10.6 Å². The Morgan fingerprint density at radius 2 is 1.75 bits per heavy atom. The summed E-state index contributed by atoms with van der Waals surface area (Å²) < 4.78 is 2.54. The van der Waals surface area contributed by atoms with E-state index in [0.717, 1.165) is 0 Å². The van der Waals surface area contributed by atoms with Gasteiger partial charge in [-0.1, -0.05) is 18.2 Å². The first-order valence-electron chi connectivity index (χ1n) is 9.64. The summed E-state index contributed by atoms with van der Waals surface area (Å²) >= 11 is 0. The topological polar surface area (TPSA) is 143 Å². The minimum atomic E-state index is -1.18. The number of hydrogen-bond donors (Lipinski definition) is 4. The molecule has 0 aliphatic rings. The van der Waals surface area contributed by atoms with Crippen molar-refractivity contribution < 1.29 is 19.8 Å². The second-order valence-corrected chi connectivity index (χ2v) is 7.21. The van der Waals surface area contributed by atoms with Crippen LogP contribution in [0.2, 0.25) is 0 Å². The summed E-state index contributed by atoms with van der Waals surface area (Å²) in [6, 6.07) is 9.54. The van der Waals surface area contributed by atoms with E-state index in [1.165, 1.54) is 40.7 Å². The molecule has 0 saturated carbocycles. The minimum absolute atomic E-state index is 0.326. The summed E-state index contributed by atoms with van der Waals surface area (Å²) in [5.74, 6) is -1.56. The zero-order valence-corrected chi connectivity index (χ0v) is 17.4. The van der Waals surface area contributed by atoms with E-state index < -0.39 is 30.0 Å². The normalized spacial score (nSPS) is 11.6. The second-order valence-electron chi connectivity index (χ2n) is 7.21. The molecule has 10 heteroatoms. The summed E-state index contributed by atoms with van der Waals surface area (Å²) in [6.45, 7) is 1.57. The molecule has 3 rings (SSSR count). The molecule has 1 aromatic carbocycles. The van der Waals surface area contributed by atoms with Crippen LogP contribution in [0.3, 0.4) is 0 Å². The number of aryl methyl sites for hydroxylation is 2. The molecule has 4 N–H and O–H groups in total. The first-order valence-corrected chi connectivity index (χ1v) is 9.64. The number of carbonyl (C=O) groups is 2. The van der Waals surface area contributed by atoms with Gasteiger partial charge in [-0.25, -0.2) is 4.79 Å². The van der Waals surface area contributed by atoms with Gasteiger partial charge in [0.2, 0.25) is 0 Å². The van der Waals surface area contributed by atoms with Crippen LogP contribution in [0.4, 0.5) is 10.5 Å². The van der Waals surface area contributed by atoms with Crippen LogP contribution in [0.15, 0.2) is 64.4 Å². The molecule has 0 aliphatic heterocycles. The number of aromatic hydroxyl groups is 1. The molecular weight excluding hydrogens is 416 g/mol. The number of anilines is 1. The van der Waals surface area contributed by atoms with E-state index >= 15 is 0 Å². The quantitative estimate of drug-likeness (QED) is 0.463. The first kappa shape index (κ1) is 22.3. The molecule has 0 bridgehead atoms. The van der Waals surface area contributed by atoms with Gasteiger partial charge in [-0.2, -0.15) is 0 Å². The second kappa shape index (κ2) is 9.21. The number of amides is 2. The van der Waals surface area contributed by atoms with E-state index in [1.807, 2.05) is 0 Å². The van der Waals surface area contributed by atoms with Crippen molar-refractivity contribution in [3.05, 3.63) is 86.7 Å². The van der Waals surface area contributed by atoms with Crippen molar-refractivity contribution in [3.63, 3.8) is 0 Å². The molecular formula is C22H22N4O6. The van der Waals surface area contributed by atoms with Crippen LogP contribution in [0.25, 0.3) is 5.69 Å². The Labute approximate surface area is 182 Å². The number of aromatic nitrogens is 2. The standard InChI is InChI=1S/C22H22N4O6/c1-13-11-25(2)21(31)19(20(13)30)24-22(32)23-16(10-18(28)29)14-8-9-17(27)26(12-14)15-6-4-3-5-7-15/h3-9,11-12,16,30H,10H2,1-2H3,(H,28,29)(H2,23,24,32). The summed E-state index contributed by atoms with van der Waals surface area (Å²) in [5.41, 5.74) is 0.0356. The smallest absolute Gasteiger partial charge is 0.319 e. The van der Waals surface area contributed by atoms with Gasteiger partial charge < -0.3 is 25.4 Å². The van der Waals surface area contributed by atoms with Gasteiger partial charge in [-0.15, -0.1) is 0 Å². The van der Waals surface area contributed by atoms with E-state index in [9.17, 15) is 29.4 Å². The van der Waals surface area contributed by atoms with E-state index in [0.29, 0.717) is 16.8 Å². The van der Waals surface area contributed by atoms with Crippen molar-refractivity contribution in [1.29, 1.82) is 0 Å². The molecule has 0 fully saturated rings. The summed E-state index contributed by atoms with van der Waals surface area (Å²) in [5, 5.41) is 24.3. The Bertz CT molecular complexity index is 1280. The largest absolute Gasteiger partial charge is 0.505 e. The minimum Gasteiger partial charge on any atom is -0.505 e. The number of carboxylic acids is 1. The average Bonchev–Trinajstić information content (AvgIpc) is 2.75. The number of rotatable bonds is 6. The summed E-state index contributed by atoms with van der Waals surface area (Å²) in [7, 11) is 1.47. The number of carboxylic acid groups (broad SMARTS) is 1. The molecule has 0 spiro atoms. The highest BCUT2D eigenvalue weighted by atomic mass is 16.4. The third kappa shape index (κ3) is 4.86. The molecule has 32 heavy (non-hydrogen) atoms. The van der Waals surface area contributed by atoms with Crippen LogP contribution in [-0.4, -0.2) is 31.3 Å². The lowest BCUT2D eigenvalue weighted by Gasteiger charge is -2.19. The number of carbonyl (C=O) groups excluding carboxylic acids is 1. The Morgan fingerprint density at radius 1 is 1.06 bits per heavy atom. The van der Waals surface area contributed by atoms with Crippen molar-refractivity contribution in [2.24, 2.45) is 7.05 Å². The zero-order chi connectivity index (χ0) is 23.4. The molecule has 0 saturated heterocycles. The molecule has 2 amide bonds. The predicted octanol–water partition coefficient (Wildman–Crippen LogP) is 1.89. The number of urea groups is 1. The Hall–Kier alpha value is -4.34. The Kier molecular flexibility index (Phi) is 6.43. The molecule has 2 heterocycles. The molecule has 1 unspecified atom stereocenters. The maximum atomic E-state index is 12.6. The lowest BCUT2D eigenvalue weighted by molar-refractivity contribution is -0.137. The van der Waals surface area contributed by atoms with Crippen LogP contribution >= 0.6 is 0 Å². The molecule has 0 radical (unpaired) electrons. The van der Waals surface area contributed by atoms with Gasteiger partial charge in [-0.05, 0) is 30.7 Å². The van der Waals surface area contributed by atoms with Gasteiger partial charge in [0.25, 0.3) is 11.1 Å². The van der Waals surface area contributed by atoms with Crippen LogP contribution < -0.4 is 21.8 Å². The zero-order valence-electron chi connectivity index (χ0n) is 17.4. The number of aliphatic carboxylic acids is 1. The summed E-state index contributed by atoms with van der Waals surface area (Å²) in [6.07, 6.45) is 2.40. The SMILES string of the molecule is Cc1cn(C)c(=O)c(NC(=O)NC(CC(=O)O)c2ccc(=O)n(-c3ccccc3)c2)c1O. The maximum Gasteiger partial charge on any atom is 0.319 e. The number of hydrogen-bond acceptors (Lipinski definition) is 5. The first-order chi connectivity index (χ1) is 15.2. The molecule has 10 nitrogen and oxygen atoms in total. The molecule has 2 aromatic heterocycles. The molecule has 3 aromatic rings. The van der Waals surface area contributed by atoms with Crippen molar-refractivity contribution in [2.45, 2.75) is 19.4 Å². The van der Waals surface area contributed by atoms with Gasteiger partial charge in [0.1, 0.15) is 5.75 Å². The molecule has 166 valence electrons. The number of nitrogens with zero attached hydrogens (tertiary/aromatic N) is 2. The van der Waals surface area contributed by atoms with Gasteiger partial charge >= 0.3 is 12.0 Å².